The van der Waals surface area contributed by atoms with E-state index >= 15 is 0 Å². The fourth-order valence-corrected chi connectivity index (χ4v) is 11.3. The molecule has 17 heteroatoms. The molecule has 3 aromatic heterocycles. The molecule has 1 saturated heterocycles. The Kier molecular flexibility index (Phi) is 20.4. The highest BCUT2D eigenvalue weighted by Crippen LogP contribution is 2.37. The number of carbonyl (C=O) groups is 3. The van der Waals surface area contributed by atoms with Crippen LogP contribution >= 0.6 is 11.9 Å². The summed E-state index contributed by atoms with van der Waals surface area (Å²) in [5, 5.41) is 3.22. The number of nitrogens with two attached hydrogens (primary N) is 1. The van der Waals surface area contributed by atoms with Crippen LogP contribution in [0.25, 0.3) is 33.5 Å². The summed E-state index contributed by atoms with van der Waals surface area (Å²) < 4.78 is 7.83. The lowest BCUT2D eigenvalue weighted by molar-refractivity contribution is -0.137. The molecule has 1 fully saturated rings. The molecule has 4 aromatic rings. The number of pyridine rings is 1. The predicted octanol–water partition coefficient (Wildman–Crippen LogP) is 12.5. The Bertz CT molecular complexity index is 3380. The molecule has 0 saturated carbocycles. The van der Waals surface area contributed by atoms with Crippen molar-refractivity contribution in [3.8, 4) is 0 Å². The number of Topliss-reactive ketones (excluding diaryl/α,β-unsaturated/α-hetero) is 1. The minimum absolute atomic E-state index is 0.000291. The Hall–Kier alpha value is -7.79. The molecule has 3 aliphatic rings. The van der Waals surface area contributed by atoms with Gasteiger partial charge in [0.15, 0.2) is 11.4 Å². The zero-order chi connectivity index (χ0) is 58.8. The Morgan fingerprint density at radius 2 is 1.58 bits per heavy atom. The zero-order valence-electron chi connectivity index (χ0n) is 49.1. The maximum Gasteiger partial charge on any atom is 0.242 e. The first-order valence-electron chi connectivity index (χ1n) is 28.2. The van der Waals surface area contributed by atoms with Gasteiger partial charge >= 0.3 is 0 Å². The molecule has 1 aromatic carbocycles. The number of hydrogen-bond acceptors (Lipinski definition) is 13. The number of aromatic nitrogens is 5. The maximum atomic E-state index is 13.5. The molecule has 2 unspecified atom stereocenters. The Labute approximate surface area is 483 Å². The van der Waals surface area contributed by atoms with Gasteiger partial charge in [-0.2, -0.15) is 0 Å². The summed E-state index contributed by atoms with van der Waals surface area (Å²) in [5.74, 6) is 1.10. The minimum Gasteiger partial charge on any atom is -0.399 e. The van der Waals surface area contributed by atoms with E-state index in [1.54, 1.807) is 18.0 Å². The molecule has 7 rings (SSSR count). The normalized spacial score (nSPS) is 15.8. The Morgan fingerprint density at radius 1 is 0.914 bits per heavy atom. The molecule has 0 aliphatic carbocycles. The average Bonchev–Trinajstić information content (AvgIpc) is 4.13. The van der Waals surface area contributed by atoms with Crippen LogP contribution in [0.4, 0.5) is 11.9 Å². The number of allylic oxidation sites excluding steroid dienone is 9. The van der Waals surface area contributed by atoms with E-state index in [9.17, 15) is 14.4 Å². The second-order valence-electron chi connectivity index (χ2n) is 21.6. The highest BCUT2D eigenvalue weighted by atomic mass is 32.2. The lowest BCUT2D eigenvalue weighted by atomic mass is 10.0. The maximum absolute atomic E-state index is 13.5. The standard InChI is InChI=1S/C64H83N13O3S/c1-16-19-27-58(74(15)60(80)38-77-45(11)40(6)30-59(77)79)44(10)66-37-51(78)26-22-20-21-25-48-33-49(43(9)65)34-56-61(48)75(64(71-56)73(14)46(12)52-31-41(7)68-54(52)17-2)28-23-24-29-76-62-57(35-50(36-67-62)39(4)5)70-63(76)72-81-47(13)53-32-42(8)69-55(53)18-3/h16,23-24,33-36,40,58,66H,1,4,9-13,17-22,25-32,37-38,65H2,2-3,5-8,14-15H3,(H,70,72)/b24-23+. The van der Waals surface area contributed by atoms with Crippen molar-refractivity contribution in [1.82, 2.24) is 39.2 Å². The Balaban J connectivity index is 1.09. The summed E-state index contributed by atoms with van der Waals surface area (Å²) in [5.41, 5.74) is 22.4. The molecular weight excluding hydrogens is 1030 g/mol. The van der Waals surface area contributed by atoms with E-state index in [-0.39, 0.29) is 36.6 Å². The van der Waals surface area contributed by atoms with E-state index < -0.39 is 6.04 Å². The van der Waals surface area contributed by atoms with Crippen molar-refractivity contribution < 1.29 is 14.4 Å². The second-order valence-corrected chi connectivity index (χ2v) is 22.5. The van der Waals surface area contributed by atoms with Gasteiger partial charge in [0.05, 0.1) is 23.6 Å². The monoisotopic (exact) mass is 1110 g/mol. The van der Waals surface area contributed by atoms with Gasteiger partial charge in [0.25, 0.3) is 0 Å². The van der Waals surface area contributed by atoms with Crippen LogP contribution in [0.3, 0.4) is 0 Å². The number of likely N-dealkylation sites (N-methyl/N-ethyl adjacent to an activating group) is 2. The van der Waals surface area contributed by atoms with Gasteiger partial charge in [-0.3, -0.25) is 33.7 Å². The molecule has 16 nitrogen and oxygen atoms in total. The summed E-state index contributed by atoms with van der Waals surface area (Å²) >= 11 is 1.45. The summed E-state index contributed by atoms with van der Waals surface area (Å²) in [4.78, 5) is 70.4. The Morgan fingerprint density at radius 3 is 2.22 bits per heavy atom. The number of hydrogen-bond donors (Lipinski definition) is 3. The van der Waals surface area contributed by atoms with Crippen LogP contribution in [-0.2, 0) is 33.9 Å². The molecule has 2 amide bonds. The highest BCUT2D eigenvalue weighted by molar-refractivity contribution is 8.04. The average molecular weight is 1110 g/mol. The number of unbranched alkanes of at least 4 members (excludes halogenated alkanes) is 2. The van der Waals surface area contributed by atoms with Crippen LogP contribution in [0, 0.1) is 5.92 Å². The van der Waals surface area contributed by atoms with Gasteiger partial charge in [-0.1, -0.05) is 84.9 Å². The molecule has 0 bridgehead atoms. The van der Waals surface area contributed by atoms with E-state index in [1.165, 1.54) is 16.8 Å². The van der Waals surface area contributed by atoms with Crippen LogP contribution in [0.15, 0.2) is 143 Å². The van der Waals surface area contributed by atoms with Gasteiger partial charge < -0.3 is 30.3 Å². The van der Waals surface area contributed by atoms with Gasteiger partial charge in [0.2, 0.25) is 23.7 Å². The number of fused-ring (bicyclic) bond motifs is 2. The van der Waals surface area contributed by atoms with E-state index in [2.05, 4.69) is 116 Å². The number of anilines is 2. The first-order valence-corrected chi connectivity index (χ1v) is 29.0. The molecule has 0 spiro atoms. The number of aliphatic imine (C=N–C) groups is 2. The first kappa shape index (κ1) is 60.8. The van der Waals surface area contributed by atoms with E-state index in [4.69, 9.17) is 30.7 Å². The topological polar surface area (TPSA) is 184 Å². The van der Waals surface area contributed by atoms with Crippen LogP contribution in [0.5, 0.6) is 0 Å². The van der Waals surface area contributed by atoms with Crippen molar-refractivity contribution >= 4 is 86.3 Å². The quantitative estimate of drug-likeness (QED) is 0.0247. The number of aryl methyl sites for hydroxylation is 1. The zero-order valence-corrected chi connectivity index (χ0v) is 50.0. The van der Waals surface area contributed by atoms with Gasteiger partial charge in [0, 0.05) is 121 Å². The largest absolute Gasteiger partial charge is 0.399 e. The summed E-state index contributed by atoms with van der Waals surface area (Å²) in [7, 11) is 3.72. The number of amides is 2. The number of imidazole rings is 2. The van der Waals surface area contributed by atoms with Gasteiger partial charge in [-0.05, 0) is 124 Å². The smallest absolute Gasteiger partial charge is 0.242 e. The summed E-state index contributed by atoms with van der Waals surface area (Å²) in [6.45, 7) is 42.6. The predicted molar refractivity (Wildman–Crippen MR) is 337 cm³/mol. The SMILES string of the molecule is C=CCCC(C(=C)NCC(=O)CCCCCc1cc(C(=C)N)cc2nc(N(C)C(=C)C3=C(CC)N=C(C)C3)n(C/C=C/Cn3c(NSC(=C)C4=C(CC)N=C(C)C4)nc4cc(C(=C)C)cnc43)c12)N(C)C(=O)CN1C(=C)C(C)CC1=O. The number of carbonyl (C=O) groups excluding carboxylic acids is 3. The van der Waals surface area contributed by atoms with Gasteiger partial charge in [0.1, 0.15) is 12.1 Å². The van der Waals surface area contributed by atoms with Crippen molar-refractivity contribution in [2.24, 2.45) is 21.6 Å². The molecule has 6 heterocycles. The van der Waals surface area contributed by atoms with E-state index in [0.717, 1.165) is 133 Å². The number of likely N-dealkylation sites (tertiary alicyclic amines) is 1. The third-order valence-corrected chi connectivity index (χ3v) is 16.2. The third-order valence-electron chi connectivity index (χ3n) is 15.4. The molecule has 428 valence electrons. The van der Waals surface area contributed by atoms with Crippen molar-refractivity contribution in [3.05, 3.63) is 150 Å². The number of rotatable bonds is 31. The lowest BCUT2D eigenvalue weighted by Gasteiger charge is -2.32. The summed E-state index contributed by atoms with van der Waals surface area (Å²) in [6, 6.07) is 5.75. The highest BCUT2D eigenvalue weighted by Gasteiger charge is 2.34. The van der Waals surface area contributed by atoms with Crippen molar-refractivity contribution in [1.29, 1.82) is 0 Å². The molecule has 3 aliphatic heterocycles. The molecule has 81 heavy (non-hydrogen) atoms. The van der Waals surface area contributed by atoms with Gasteiger partial charge in [-0.25, -0.2) is 15.0 Å². The molecule has 0 radical (unpaired) electrons. The number of ketones is 1. The second kappa shape index (κ2) is 27.1. The summed E-state index contributed by atoms with van der Waals surface area (Å²) in [6.07, 6.45) is 16.0. The van der Waals surface area contributed by atoms with Crippen molar-refractivity contribution in [2.45, 2.75) is 138 Å². The van der Waals surface area contributed by atoms with Gasteiger partial charge in [-0.15, -0.1) is 6.58 Å². The van der Waals surface area contributed by atoms with E-state index in [1.807, 2.05) is 39.2 Å². The first-order chi connectivity index (χ1) is 38.6. The van der Waals surface area contributed by atoms with Crippen molar-refractivity contribution in [2.75, 3.05) is 36.8 Å². The fourth-order valence-electron chi connectivity index (χ4n) is 10.6. The van der Waals surface area contributed by atoms with Crippen LogP contribution in [0.1, 0.15) is 129 Å². The number of nitrogens with zero attached hydrogens (tertiary/aromatic N) is 10. The van der Waals surface area contributed by atoms with Crippen molar-refractivity contribution in [3.63, 3.8) is 0 Å². The van der Waals surface area contributed by atoms with E-state index in [0.29, 0.717) is 74.7 Å². The van der Waals surface area contributed by atoms with Crippen LogP contribution in [0.2, 0.25) is 0 Å². The number of benzene rings is 1. The molecular formula is C64H83N13O3S. The third kappa shape index (κ3) is 14.2. The minimum atomic E-state index is -0.400. The molecule has 4 N–H and O–H groups in total. The number of nitrogens with one attached hydrogen (secondary N) is 2. The lowest BCUT2D eigenvalue weighted by Crippen LogP contribution is -2.46. The van der Waals surface area contributed by atoms with Crippen LogP contribution in [-0.4, -0.2) is 96.1 Å². The fraction of sp³-hybridized carbons (Fsp3) is 0.406. The van der Waals surface area contributed by atoms with Crippen LogP contribution < -0.4 is 20.7 Å². The molecule has 2 atom stereocenters.